The van der Waals surface area contributed by atoms with Gasteiger partial charge in [0.25, 0.3) is 5.91 Å². The number of nitrogens with zero attached hydrogens (tertiary/aromatic N) is 2. The van der Waals surface area contributed by atoms with Gasteiger partial charge in [-0.1, -0.05) is 29.8 Å². The molecule has 40 heavy (non-hydrogen) atoms. The van der Waals surface area contributed by atoms with Crippen LogP contribution in [0.1, 0.15) is 50.7 Å². The molecule has 13 nitrogen and oxygen atoms in total. The maximum atomic E-state index is 14.1. The molecule has 2 aliphatic rings. The van der Waals surface area contributed by atoms with Crippen LogP contribution < -0.4 is 16.8 Å². The van der Waals surface area contributed by atoms with E-state index in [1.165, 1.54) is 23.6 Å². The zero-order chi connectivity index (χ0) is 29.8. The van der Waals surface area contributed by atoms with Crippen molar-refractivity contribution in [3.63, 3.8) is 0 Å². The number of rotatable bonds is 10. The van der Waals surface area contributed by atoms with Crippen molar-refractivity contribution in [1.29, 1.82) is 0 Å². The van der Waals surface area contributed by atoms with Crippen LogP contribution in [0.2, 0.25) is 0 Å². The predicted molar refractivity (Wildman–Crippen MR) is 142 cm³/mol. The Morgan fingerprint density at radius 3 is 2.25 bits per heavy atom. The smallest absolute Gasteiger partial charge is 0.405 e. The van der Waals surface area contributed by atoms with E-state index in [0.717, 1.165) is 11.1 Å². The molecule has 13 heteroatoms. The second-order valence-electron chi connectivity index (χ2n) is 10.7. The number of nitrogens with one attached hydrogen (secondary N) is 1. The van der Waals surface area contributed by atoms with Gasteiger partial charge in [-0.3, -0.25) is 19.2 Å². The van der Waals surface area contributed by atoms with E-state index >= 15 is 0 Å². The van der Waals surface area contributed by atoms with Crippen molar-refractivity contribution in [2.24, 2.45) is 11.5 Å². The number of ether oxygens (including phenoxy) is 1. The van der Waals surface area contributed by atoms with Crippen molar-refractivity contribution in [2.75, 3.05) is 13.1 Å². The van der Waals surface area contributed by atoms with Crippen LogP contribution in [0.25, 0.3) is 0 Å². The molecule has 220 valence electrons. The standard InChI is InChI=1S/C27H39N5O8/c1-15-7-9-18(10-8-15)14-27(25(38)30-20(16(2)33)22(28)35)11-5-13-32(27)23(36)19-6-4-12-31(19)24(37)21(17(3)34)40-26(29)39/h7-10,16-17,19-21,33-34H,4-6,11-14H2,1-3H3,(H2,28,35)(H2,29,39)(H,30,38)/t16-,17-,19+,20+,21+,27-/m1/s1. The van der Waals surface area contributed by atoms with E-state index in [-0.39, 0.29) is 25.9 Å². The van der Waals surface area contributed by atoms with Gasteiger partial charge < -0.3 is 41.5 Å². The molecular formula is C27H39N5O8. The average molecular weight is 562 g/mol. The first kappa shape index (κ1) is 30.8. The Hall–Kier alpha value is -3.71. The zero-order valence-electron chi connectivity index (χ0n) is 23.0. The summed E-state index contributed by atoms with van der Waals surface area (Å²) in [6.07, 6.45) is -3.84. The molecule has 0 aliphatic carbocycles. The van der Waals surface area contributed by atoms with Gasteiger partial charge in [-0.2, -0.15) is 0 Å². The van der Waals surface area contributed by atoms with Crippen LogP contribution in [0.3, 0.4) is 0 Å². The van der Waals surface area contributed by atoms with Crippen molar-refractivity contribution < 1.29 is 38.9 Å². The normalized spacial score (nSPS) is 23.7. The molecule has 3 rings (SSSR count). The number of benzene rings is 1. The summed E-state index contributed by atoms with van der Waals surface area (Å²) in [6, 6.07) is 5.13. The summed E-state index contributed by atoms with van der Waals surface area (Å²) in [5.41, 5.74) is 10.9. The van der Waals surface area contributed by atoms with Crippen molar-refractivity contribution in [3.05, 3.63) is 35.4 Å². The molecule has 2 heterocycles. The lowest BCUT2D eigenvalue weighted by molar-refractivity contribution is -0.156. The number of aryl methyl sites for hydroxylation is 1. The van der Waals surface area contributed by atoms with Gasteiger partial charge in [-0.25, -0.2) is 4.79 Å². The van der Waals surface area contributed by atoms with Crippen LogP contribution in [0.4, 0.5) is 4.79 Å². The van der Waals surface area contributed by atoms with Gasteiger partial charge in [0, 0.05) is 19.5 Å². The first-order valence-electron chi connectivity index (χ1n) is 13.4. The Kier molecular flexibility index (Phi) is 9.74. The molecule has 2 fully saturated rings. The lowest BCUT2D eigenvalue weighted by atomic mass is 9.85. The highest BCUT2D eigenvalue weighted by Crippen LogP contribution is 2.36. The topological polar surface area (TPSA) is 206 Å². The maximum absolute atomic E-state index is 14.1. The van der Waals surface area contributed by atoms with Crippen LogP contribution in [0.5, 0.6) is 0 Å². The van der Waals surface area contributed by atoms with E-state index in [0.29, 0.717) is 19.3 Å². The molecule has 2 saturated heterocycles. The Balaban J connectivity index is 1.98. The number of nitrogens with two attached hydrogens (primary N) is 2. The molecule has 5 amide bonds. The summed E-state index contributed by atoms with van der Waals surface area (Å²) in [4.78, 5) is 67.3. The second kappa shape index (κ2) is 12.6. The number of hydrogen-bond acceptors (Lipinski definition) is 8. The summed E-state index contributed by atoms with van der Waals surface area (Å²) < 4.78 is 4.84. The fraction of sp³-hybridized carbons (Fsp3) is 0.593. The minimum Gasteiger partial charge on any atom is -0.433 e. The lowest BCUT2D eigenvalue weighted by Crippen LogP contribution is -2.65. The average Bonchev–Trinajstić information content (AvgIpc) is 3.54. The number of hydrogen-bond donors (Lipinski definition) is 5. The molecule has 0 radical (unpaired) electrons. The van der Waals surface area contributed by atoms with Crippen molar-refractivity contribution in [2.45, 2.75) is 88.8 Å². The second-order valence-corrected chi connectivity index (χ2v) is 10.7. The van der Waals surface area contributed by atoms with Crippen LogP contribution in [-0.2, 0) is 30.3 Å². The monoisotopic (exact) mass is 561 g/mol. The third-order valence-electron chi connectivity index (χ3n) is 7.62. The van der Waals surface area contributed by atoms with Gasteiger partial charge >= 0.3 is 6.09 Å². The molecule has 0 bridgehead atoms. The number of amides is 5. The van der Waals surface area contributed by atoms with Gasteiger partial charge in [0.2, 0.25) is 23.8 Å². The quantitative estimate of drug-likeness (QED) is 0.241. The van der Waals surface area contributed by atoms with Crippen LogP contribution in [0.15, 0.2) is 24.3 Å². The molecule has 1 aromatic carbocycles. The Bertz CT molecular complexity index is 1120. The summed E-state index contributed by atoms with van der Waals surface area (Å²) in [5.74, 6) is -2.81. The number of aliphatic hydroxyl groups excluding tert-OH is 2. The summed E-state index contributed by atoms with van der Waals surface area (Å²) in [5, 5.41) is 22.7. The Labute approximate surface area is 232 Å². The largest absolute Gasteiger partial charge is 0.433 e. The SMILES string of the molecule is Cc1ccc(C[C@@]2(C(=O)N[C@H](C(N)=O)[C@@H](C)O)CCCN2C(=O)[C@@H]2CCCN2C(=O)[C@@H](OC(N)=O)[C@@H](C)O)cc1. The lowest BCUT2D eigenvalue weighted by Gasteiger charge is -2.41. The molecule has 0 spiro atoms. The molecule has 0 aromatic heterocycles. The van der Waals surface area contributed by atoms with Gasteiger partial charge in [-0.15, -0.1) is 0 Å². The summed E-state index contributed by atoms with van der Waals surface area (Å²) in [6.45, 7) is 4.91. The first-order chi connectivity index (χ1) is 18.8. The number of likely N-dealkylation sites (tertiary alicyclic amines) is 2. The van der Waals surface area contributed by atoms with Crippen LogP contribution in [0, 0.1) is 6.92 Å². The van der Waals surface area contributed by atoms with E-state index in [4.69, 9.17) is 16.2 Å². The number of primary amides is 2. The number of aliphatic hydroxyl groups is 2. The van der Waals surface area contributed by atoms with Crippen molar-refractivity contribution in [3.8, 4) is 0 Å². The fourth-order valence-electron chi connectivity index (χ4n) is 5.56. The summed E-state index contributed by atoms with van der Waals surface area (Å²) >= 11 is 0. The first-order valence-corrected chi connectivity index (χ1v) is 13.4. The van der Waals surface area contributed by atoms with Crippen molar-refractivity contribution >= 4 is 29.7 Å². The van der Waals surface area contributed by atoms with Gasteiger partial charge in [0.1, 0.15) is 17.6 Å². The number of carbonyl (C=O) groups excluding carboxylic acids is 5. The minimum atomic E-state index is -1.59. The molecule has 0 unspecified atom stereocenters. The predicted octanol–water partition coefficient (Wildman–Crippen LogP) is -0.915. The van der Waals surface area contributed by atoms with E-state index in [1.807, 2.05) is 31.2 Å². The third kappa shape index (κ3) is 6.53. The molecule has 6 atom stereocenters. The van der Waals surface area contributed by atoms with E-state index < -0.39 is 65.7 Å². The highest BCUT2D eigenvalue weighted by atomic mass is 16.6. The van der Waals surface area contributed by atoms with E-state index in [2.05, 4.69) is 5.32 Å². The highest BCUT2D eigenvalue weighted by molar-refractivity contribution is 5.98. The Morgan fingerprint density at radius 1 is 1.05 bits per heavy atom. The van der Waals surface area contributed by atoms with E-state index in [9.17, 15) is 34.2 Å². The molecule has 7 N–H and O–H groups in total. The van der Waals surface area contributed by atoms with Gasteiger partial charge in [0.15, 0.2) is 0 Å². The molecular weight excluding hydrogens is 522 g/mol. The van der Waals surface area contributed by atoms with Crippen molar-refractivity contribution in [1.82, 2.24) is 15.1 Å². The highest BCUT2D eigenvalue weighted by Gasteiger charge is 2.53. The van der Waals surface area contributed by atoms with E-state index in [1.54, 1.807) is 0 Å². The molecule has 1 aromatic rings. The van der Waals surface area contributed by atoms with Gasteiger partial charge in [0.05, 0.1) is 12.2 Å². The fourth-order valence-corrected chi connectivity index (χ4v) is 5.56. The van der Waals surface area contributed by atoms with Gasteiger partial charge in [-0.05, 0) is 52.0 Å². The Morgan fingerprint density at radius 2 is 1.70 bits per heavy atom. The number of carbonyl (C=O) groups is 5. The molecule has 0 saturated carbocycles. The van der Waals surface area contributed by atoms with Crippen LogP contribution in [-0.4, -0.2) is 98.8 Å². The zero-order valence-corrected chi connectivity index (χ0v) is 23.0. The van der Waals surface area contributed by atoms with Crippen LogP contribution >= 0.6 is 0 Å². The minimum absolute atomic E-state index is 0.123. The maximum Gasteiger partial charge on any atom is 0.405 e. The molecule has 2 aliphatic heterocycles. The summed E-state index contributed by atoms with van der Waals surface area (Å²) in [7, 11) is 0. The third-order valence-corrected chi connectivity index (χ3v) is 7.62.